The summed E-state index contributed by atoms with van der Waals surface area (Å²) in [6, 6.07) is 4.66. The normalized spacial score (nSPS) is 19.8. The van der Waals surface area contributed by atoms with Crippen molar-refractivity contribution in [1.29, 1.82) is 0 Å². The Morgan fingerprint density at radius 3 is 2.59 bits per heavy atom. The molecule has 1 aliphatic heterocycles. The minimum absolute atomic E-state index is 0.216. The molecule has 1 N–H and O–H groups in total. The molecule has 0 bridgehead atoms. The third kappa shape index (κ3) is 2.26. The number of hydrogen-bond acceptors (Lipinski definition) is 1. The van der Waals surface area contributed by atoms with Gasteiger partial charge in [-0.25, -0.2) is 0 Å². The van der Waals surface area contributed by atoms with E-state index in [9.17, 15) is 0 Å². The highest BCUT2D eigenvalue weighted by Gasteiger charge is 2.23. The molecule has 0 aromatic heterocycles. The molecular formula is C15H22BN. The van der Waals surface area contributed by atoms with Crippen molar-refractivity contribution in [3.8, 4) is 0 Å². The Bertz CT molecular complexity index is 469. The van der Waals surface area contributed by atoms with Crippen molar-refractivity contribution >= 4 is 19.0 Å². The highest BCUT2D eigenvalue weighted by atomic mass is 14.9. The third-order valence-electron chi connectivity index (χ3n) is 3.60. The molecule has 1 aromatic rings. The smallest absolute Gasteiger partial charge is 0.139 e. The van der Waals surface area contributed by atoms with E-state index in [1.807, 2.05) is 0 Å². The highest BCUT2D eigenvalue weighted by molar-refractivity contribution is 6.34. The van der Waals surface area contributed by atoms with Gasteiger partial charge in [0, 0.05) is 11.4 Å². The number of benzene rings is 1. The van der Waals surface area contributed by atoms with Gasteiger partial charge in [-0.15, -0.1) is 0 Å². The van der Waals surface area contributed by atoms with Crippen LogP contribution in [0.5, 0.6) is 0 Å². The van der Waals surface area contributed by atoms with Crippen LogP contribution >= 0.6 is 0 Å². The van der Waals surface area contributed by atoms with Crippen LogP contribution in [0.15, 0.2) is 24.4 Å². The van der Waals surface area contributed by atoms with Crippen molar-refractivity contribution in [3.63, 3.8) is 0 Å². The number of fused-ring (bicyclic) bond motifs is 1. The SMILES string of the molecule is Bc1cc2c(cc1C(C)(C)C)C(C)CC(=C)N2. The minimum Gasteiger partial charge on any atom is -0.359 e. The van der Waals surface area contributed by atoms with Crippen molar-refractivity contribution in [1.82, 2.24) is 0 Å². The molecule has 0 aliphatic carbocycles. The van der Waals surface area contributed by atoms with Crippen molar-refractivity contribution in [2.24, 2.45) is 0 Å². The largest absolute Gasteiger partial charge is 0.359 e. The topological polar surface area (TPSA) is 12.0 Å². The molecule has 1 nitrogen and oxygen atoms in total. The van der Waals surface area contributed by atoms with E-state index in [4.69, 9.17) is 0 Å². The second kappa shape index (κ2) is 3.94. The summed E-state index contributed by atoms with van der Waals surface area (Å²) in [6.07, 6.45) is 1.04. The van der Waals surface area contributed by atoms with Crippen LogP contribution in [-0.2, 0) is 5.41 Å². The first-order valence-corrected chi connectivity index (χ1v) is 6.39. The standard InChI is InChI=1S/C15H22BN/c1-9-6-10(2)17-14-8-13(16)12(7-11(9)14)15(3,4)5/h7-9,17H,2,6,16H2,1,3-5H3. The second-order valence-corrected chi connectivity index (χ2v) is 6.34. The van der Waals surface area contributed by atoms with Crippen LogP contribution in [0.3, 0.4) is 0 Å². The molecule has 2 heteroatoms. The van der Waals surface area contributed by atoms with Crippen molar-refractivity contribution < 1.29 is 0 Å². The van der Waals surface area contributed by atoms with Crippen molar-refractivity contribution in [2.45, 2.75) is 45.4 Å². The maximum Gasteiger partial charge on any atom is 0.139 e. The lowest BCUT2D eigenvalue weighted by molar-refractivity contribution is 0.591. The van der Waals surface area contributed by atoms with Crippen LogP contribution in [-0.4, -0.2) is 7.85 Å². The molecular weight excluding hydrogens is 205 g/mol. The monoisotopic (exact) mass is 227 g/mol. The van der Waals surface area contributed by atoms with Crippen LogP contribution in [0.1, 0.15) is 51.2 Å². The van der Waals surface area contributed by atoms with E-state index in [0.717, 1.165) is 12.1 Å². The first kappa shape index (κ1) is 12.3. The van der Waals surface area contributed by atoms with E-state index in [0.29, 0.717) is 5.92 Å². The quantitative estimate of drug-likeness (QED) is 0.672. The van der Waals surface area contributed by atoms with Crippen molar-refractivity contribution in [3.05, 3.63) is 35.5 Å². The zero-order valence-corrected chi connectivity index (χ0v) is 11.6. The molecule has 0 amide bonds. The molecule has 17 heavy (non-hydrogen) atoms. The lowest BCUT2D eigenvalue weighted by atomic mass is 9.74. The van der Waals surface area contributed by atoms with Gasteiger partial charge < -0.3 is 5.32 Å². The predicted molar refractivity (Wildman–Crippen MR) is 79.1 cm³/mol. The van der Waals surface area contributed by atoms with Gasteiger partial charge in [0.05, 0.1) is 0 Å². The van der Waals surface area contributed by atoms with Gasteiger partial charge in [0.2, 0.25) is 0 Å². The summed E-state index contributed by atoms with van der Waals surface area (Å²) in [4.78, 5) is 0. The van der Waals surface area contributed by atoms with Gasteiger partial charge in [0.25, 0.3) is 0 Å². The lowest BCUT2D eigenvalue weighted by Crippen LogP contribution is -2.26. The molecule has 0 spiro atoms. The number of anilines is 1. The molecule has 0 saturated carbocycles. The maximum atomic E-state index is 4.05. The molecule has 1 aliphatic rings. The van der Waals surface area contributed by atoms with Crippen LogP contribution in [0.2, 0.25) is 0 Å². The summed E-state index contributed by atoms with van der Waals surface area (Å²) in [5.74, 6) is 0.570. The molecule has 1 atom stereocenters. The Morgan fingerprint density at radius 1 is 1.35 bits per heavy atom. The van der Waals surface area contributed by atoms with Crippen molar-refractivity contribution in [2.75, 3.05) is 5.32 Å². The Hall–Kier alpha value is -1.18. The van der Waals surface area contributed by atoms with Gasteiger partial charge in [0.1, 0.15) is 7.85 Å². The molecule has 0 saturated heterocycles. The summed E-state index contributed by atoms with van der Waals surface area (Å²) in [5.41, 5.74) is 6.86. The Balaban J connectivity index is 2.56. The lowest BCUT2D eigenvalue weighted by Gasteiger charge is -2.30. The zero-order valence-electron chi connectivity index (χ0n) is 11.6. The van der Waals surface area contributed by atoms with Gasteiger partial charge in [-0.05, 0) is 34.9 Å². The summed E-state index contributed by atoms with van der Waals surface area (Å²) in [6.45, 7) is 13.2. The van der Waals surface area contributed by atoms with E-state index in [2.05, 4.69) is 59.6 Å². The molecule has 90 valence electrons. The van der Waals surface area contributed by atoms with Gasteiger partial charge >= 0.3 is 0 Å². The summed E-state index contributed by atoms with van der Waals surface area (Å²) in [5, 5.41) is 3.42. The average molecular weight is 227 g/mol. The number of rotatable bonds is 0. The van der Waals surface area contributed by atoms with E-state index in [1.54, 1.807) is 0 Å². The summed E-state index contributed by atoms with van der Waals surface area (Å²) < 4.78 is 0. The fourth-order valence-corrected chi connectivity index (χ4v) is 2.77. The van der Waals surface area contributed by atoms with Crippen LogP contribution in [0.25, 0.3) is 0 Å². The van der Waals surface area contributed by atoms with Gasteiger partial charge in [0.15, 0.2) is 0 Å². The number of hydrogen-bond donors (Lipinski definition) is 1. The second-order valence-electron chi connectivity index (χ2n) is 6.34. The average Bonchev–Trinajstić information content (AvgIpc) is 2.13. The Kier molecular flexibility index (Phi) is 2.85. The van der Waals surface area contributed by atoms with E-state index < -0.39 is 0 Å². The molecule has 1 unspecified atom stereocenters. The Labute approximate surface area is 106 Å². The van der Waals surface area contributed by atoms with E-state index in [1.165, 1.54) is 22.3 Å². The zero-order chi connectivity index (χ0) is 12.8. The number of nitrogens with one attached hydrogen (secondary N) is 1. The minimum atomic E-state index is 0.216. The molecule has 1 aromatic carbocycles. The molecule has 0 radical (unpaired) electrons. The van der Waals surface area contributed by atoms with E-state index >= 15 is 0 Å². The molecule has 2 rings (SSSR count). The van der Waals surface area contributed by atoms with Gasteiger partial charge in [-0.2, -0.15) is 0 Å². The first-order valence-electron chi connectivity index (χ1n) is 6.39. The first-order chi connectivity index (χ1) is 7.79. The number of allylic oxidation sites excluding steroid dienone is 1. The third-order valence-corrected chi connectivity index (χ3v) is 3.60. The molecule has 0 fully saturated rings. The van der Waals surface area contributed by atoms with Gasteiger partial charge in [-0.1, -0.05) is 45.8 Å². The molecule has 1 heterocycles. The van der Waals surface area contributed by atoms with Crippen LogP contribution < -0.4 is 10.8 Å². The van der Waals surface area contributed by atoms with E-state index in [-0.39, 0.29) is 5.41 Å². The summed E-state index contributed by atoms with van der Waals surface area (Å²) in [7, 11) is 2.20. The van der Waals surface area contributed by atoms with Gasteiger partial charge in [-0.3, -0.25) is 0 Å². The summed E-state index contributed by atoms with van der Waals surface area (Å²) >= 11 is 0. The van der Waals surface area contributed by atoms with Crippen LogP contribution in [0.4, 0.5) is 5.69 Å². The predicted octanol–water partition coefficient (Wildman–Crippen LogP) is 2.68. The fourth-order valence-electron chi connectivity index (χ4n) is 2.77. The van der Waals surface area contributed by atoms with Crippen LogP contribution in [0, 0.1) is 0 Å². The highest BCUT2D eigenvalue weighted by Crippen LogP contribution is 2.36. The fraction of sp³-hybridized carbons (Fsp3) is 0.467. The maximum absolute atomic E-state index is 4.05. The Morgan fingerprint density at radius 2 is 2.00 bits per heavy atom.